The molecular weight excluding hydrogens is 448 g/mol. The van der Waals surface area contributed by atoms with Gasteiger partial charge in [0, 0.05) is 23.8 Å². The van der Waals surface area contributed by atoms with Crippen molar-refractivity contribution in [3.05, 3.63) is 64.7 Å². The molecule has 176 valence electrons. The highest BCUT2D eigenvalue weighted by atomic mass is 19.4. The van der Waals surface area contributed by atoms with Gasteiger partial charge < -0.3 is 10.6 Å². The SMILES string of the molecule is N#Cc1ccc(NCC2CCC(NC(=O)c3cccc(C(F)(F)F)c3)CC2)cc1C(F)(F)F. The highest BCUT2D eigenvalue weighted by molar-refractivity contribution is 5.94. The summed E-state index contributed by atoms with van der Waals surface area (Å²) in [5.74, 6) is -0.406. The molecule has 0 aromatic heterocycles. The maximum absolute atomic E-state index is 13.1. The van der Waals surface area contributed by atoms with E-state index in [4.69, 9.17) is 5.26 Å². The highest BCUT2D eigenvalue weighted by Crippen LogP contribution is 2.34. The van der Waals surface area contributed by atoms with E-state index in [0.717, 1.165) is 24.3 Å². The van der Waals surface area contributed by atoms with Gasteiger partial charge in [0.2, 0.25) is 0 Å². The van der Waals surface area contributed by atoms with Gasteiger partial charge in [0.1, 0.15) is 0 Å². The molecule has 4 nitrogen and oxygen atoms in total. The minimum Gasteiger partial charge on any atom is -0.385 e. The van der Waals surface area contributed by atoms with E-state index in [1.54, 1.807) is 0 Å². The van der Waals surface area contributed by atoms with E-state index < -0.39 is 35.0 Å². The second kappa shape index (κ2) is 9.73. The number of carbonyl (C=O) groups excluding carboxylic acids is 1. The quantitative estimate of drug-likeness (QED) is 0.528. The Balaban J connectivity index is 1.51. The van der Waals surface area contributed by atoms with Gasteiger partial charge in [0.05, 0.1) is 22.8 Å². The number of benzene rings is 2. The Hall–Kier alpha value is -3.22. The van der Waals surface area contributed by atoms with Crippen molar-refractivity contribution in [1.82, 2.24) is 5.32 Å². The number of nitriles is 1. The highest BCUT2D eigenvalue weighted by Gasteiger charge is 2.34. The van der Waals surface area contributed by atoms with Gasteiger partial charge >= 0.3 is 12.4 Å². The number of carbonyl (C=O) groups is 1. The van der Waals surface area contributed by atoms with Gasteiger partial charge in [0.25, 0.3) is 5.91 Å². The number of nitrogens with one attached hydrogen (secondary N) is 2. The van der Waals surface area contributed by atoms with Crippen LogP contribution in [-0.4, -0.2) is 18.5 Å². The first-order chi connectivity index (χ1) is 15.5. The van der Waals surface area contributed by atoms with E-state index in [1.807, 2.05) is 0 Å². The third kappa shape index (κ3) is 6.40. The number of hydrogen-bond donors (Lipinski definition) is 2. The molecule has 2 aromatic carbocycles. The molecule has 0 aliphatic heterocycles. The zero-order chi connectivity index (χ0) is 24.2. The van der Waals surface area contributed by atoms with E-state index in [0.29, 0.717) is 32.2 Å². The zero-order valence-corrected chi connectivity index (χ0v) is 17.4. The molecule has 33 heavy (non-hydrogen) atoms. The minimum atomic E-state index is -4.63. The number of hydrogen-bond acceptors (Lipinski definition) is 3. The smallest absolute Gasteiger partial charge is 0.385 e. The van der Waals surface area contributed by atoms with Gasteiger partial charge in [0.15, 0.2) is 0 Å². The van der Waals surface area contributed by atoms with Crippen molar-refractivity contribution in [2.75, 3.05) is 11.9 Å². The number of nitrogens with zero attached hydrogens (tertiary/aromatic N) is 1. The Kier molecular flexibility index (Phi) is 7.20. The third-order valence-electron chi connectivity index (χ3n) is 5.67. The van der Waals surface area contributed by atoms with Crippen LogP contribution in [0.1, 0.15) is 52.7 Å². The number of halogens is 6. The summed E-state index contributed by atoms with van der Waals surface area (Å²) in [6.07, 6.45) is -6.54. The Labute approximate surface area is 186 Å². The van der Waals surface area contributed by atoms with Gasteiger partial charge in [-0.05, 0) is 68.0 Å². The lowest BCUT2D eigenvalue weighted by atomic mass is 9.85. The Bertz CT molecular complexity index is 1030. The molecule has 1 aliphatic carbocycles. The fourth-order valence-corrected chi connectivity index (χ4v) is 3.86. The molecule has 0 saturated heterocycles. The number of rotatable bonds is 5. The Morgan fingerprint density at radius 2 is 1.67 bits per heavy atom. The normalized spacial score (nSPS) is 18.9. The van der Waals surface area contributed by atoms with E-state index in [-0.39, 0.29) is 23.2 Å². The molecule has 1 fully saturated rings. The third-order valence-corrected chi connectivity index (χ3v) is 5.67. The van der Waals surface area contributed by atoms with Crippen LogP contribution in [0.4, 0.5) is 32.0 Å². The van der Waals surface area contributed by atoms with Crippen molar-refractivity contribution >= 4 is 11.6 Å². The summed E-state index contributed by atoms with van der Waals surface area (Å²) in [6.45, 7) is 0.428. The van der Waals surface area contributed by atoms with Crippen LogP contribution in [0, 0.1) is 17.2 Å². The summed E-state index contributed by atoms with van der Waals surface area (Å²) in [5, 5.41) is 14.6. The van der Waals surface area contributed by atoms with Crippen molar-refractivity contribution in [3.8, 4) is 6.07 Å². The van der Waals surface area contributed by atoms with Crippen molar-refractivity contribution in [2.24, 2.45) is 5.92 Å². The summed E-state index contributed by atoms with van der Waals surface area (Å²) in [6, 6.07) is 9.06. The first kappa shape index (κ1) is 24.4. The van der Waals surface area contributed by atoms with Crippen LogP contribution in [0.5, 0.6) is 0 Å². The maximum atomic E-state index is 13.1. The summed E-state index contributed by atoms with van der Waals surface area (Å²) >= 11 is 0. The van der Waals surface area contributed by atoms with Crippen LogP contribution in [0.15, 0.2) is 42.5 Å². The molecular formula is C23H21F6N3O. The summed E-state index contributed by atoms with van der Waals surface area (Å²) in [4.78, 5) is 12.3. The van der Waals surface area contributed by atoms with Crippen LogP contribution in [0.2, 0.25) is 0 Å². The summed E-state index contributed by atoms with van der Waals surface area (Å²) in [7, 11) is 0. The molecule has 1 aliphatic rings. The first-order valence-corrected chi connectivity index (χ1v) is 10.3. The second-order valence-electron chi connectivity index (χ2n) is 8.02. The lowest BCUT2D eigenvalue weighted by molar-refractivity contribution is -0.138. The zero-order valence-electron chi connectivity index (χ0n) is 17.4. The first-order valence-electron chi connectivity index (χ1n) is 10.3. The lowest BCUT2D eigenvalue weighted by Crippen LogP contribution is -2.38. The van der Waals surface area contributed by atoms with Crippen molar-refractivity contribution < 1.29 is 31.1 Å². The van der Waals surface area contributed by atoms with Crippen molar-refractivity contribution in [1.29, 1.82) is 5.26 Å². The van der Waals surface area contributed by atoms with Crippen molar-refractivity contribution in [2.45, 2.75) is 44.1 Å². The molecule has 3 rings (SSSR count). The van der Waals surface area contributed by atoms with Gasteiger partial charge in [-0.25, -0.2) is 0 Å². The van der Waals surface area contributed by atoms with Crippen LogP contribution < -0.4 is 10.6 Å². The van der Waals surface area contributed by atoms with Crippen molar-refractivity contribution in [3.63, 3.8) is 0 Å². The van der Waals surface area contributed by atoms with E-state index in [9.17, 15) is 31.1 Å². The summed E-state index contributed by atoms with van der Waals surface area (Å²) in [5.41, 5.74) is -2.11. The van der Waals surface area contributed by atoms with E-state index in [2.05, 4.69) is 10.6 Å². The molecule has 0 heterocycles. The average Bonchev–Trinajstić information content (AvgIpc) is 2.77. The van der Waals surface area contributed by atoms with Crippen LogP contribution >= 0.6 is 0 Å². The Morgan fingerprint density at radius 1 is 0.970 bits per heavy atom. The largest absolute Gasteiger partial charge is 0.417 e. The second-order valence-corrected chi connectivity index (χ2v) is 8.02. The standard InChI is InChI=1S/C23H21F6N3O/c24-22(25,26)17-3-1-2-15(10-17)21(33)32-18-7-4-14(5-8-18)13-31-19-9-6-16(12-30)20(11-19)23(27,28)29/h1-3,6,9-11,14,18,31H,4-5,7-8,13H2,(H,32,33). The van der Waals surface area contributed by atoms with Gasteiger partial charge in [-0.2, -0.15) is 31.6 Å². The average molecular weight is 469 g/mol. The molecule has 0 spiro atoms. The number of alkyl halides is 6. The predicted molar refractivity (Wildman–Crippen MR) is 109 cm³/mol. The van der Waals surface area contributed by atoms with Crippen LogP contribution in [0.3, 0.4) is 0 Å². The minimum absolute atomic E-state index is 0.0603. The molecule has 2 N–H and O–H groups in total. The molecule has 2 aromatic rings. The summed E-state index contributed by atoms with van der Waals surface area (Å²) < 4.78 is 77.8. The molecule has 0 bridgehead atoms. The Morgan fingerprint density at radius 3 is 2.27 bits per heavy atom. The van der Waals surface area contributed by atoms with Crippen LogP contribution in [0.25, 0.3) is 0 Å². The molecule has 1 saturated carbocycles. The lowest BCUT2D eigenvalue weighted by Gasteiger charge is -2.29. The molecule has 10 heteroatoms. The molecule has 1 amide bonds. The fourth-order valence-electron chi connectivity index (χ4n) is 3.86. The number of amides is 1. The monoisotopic (exact) mass is 469 g/mol. The van der Waals surface area contributed by atoms with E-state index in [1.165, 1.54) is 24.3 Å². The van der Waals surface area contributed by atoms with Gasteiger partial charge in [-0.1, -0.05) is 6.07 Å². The van der Waals surface area contributed by atoms with E-state index >= 15 is 0 Å². The maximum Gasteiger partial charge on any atom is 0.417 e. The molecule has 0 unspecified atom stereocenters. The van der Waals surface area contributed by atoms with Gasteiger partial charge in [-0.3, -0.25) is 4.79 Å². The topological polar surface area (TPSA) is 64.9 Å². The molecule has 0 radical (unpaired) electrons. The van der Waals surface area contributed by atoms with Crippen LogP contribution in [-0.2, 0) is 12.4 Å². The molecule has 0 atom stereocenters. The predicted octanol–water partition coefficient (Wildman–Crippen LogP) is 6.00. The fraction of sp³-hybridized carbons (Fsp3) is 0.391. The van der Waals surface area contributed by atoms with Gasteiger partial charge in [-0.15, -0.1) is 0 Å². The number of anilines is 1.